The number of ether oxygens (including phenoxy) is 3. The highest BCUT2D eigenvalue weighted by Gasteiger charge is 2.24. The van der Waals surface area contributed by atoms with Crippen molar-refractivity contribution >= 4 is 0 Å². The lowest BCUT2D eigenvalue weighted by atomic mass is 10.2. The molecule has 1 aliphatic rings. The Hall–Kier alpha value is -1.61. The van der Waals surface area contributed by atoms with Gasteiger partial charge < -0.3 is 19.1 Å². The molecular formula is C17H25N2O3+. The van der Waals surface area contributed by atoms with Crippen molar-refractivity contribution in [2.75, 3.05) is 39.5 Å². The van der Waals surface area contributed by atoms with Gasteiger partial charge in [-0.3, -0.25) is 0 Å². The molecule has 0 radical (unpaired) electrons. The van der Waals surface area contributed by atoms with Crippen molar-refractivity contribution < 1.29 is 19.1 Å². The van der Waals surface area contributed by atoms with Gasteiger partial charge in [-0.25, -0.2) is 0 Å². The van der Waals surface area contributed by atoms with E-state index in [9.17, 15) is 0 Å². The number of hydrogen-bond donors (Lipinski definition) is 1. The van der Waals surface area contributed by atoms with Crippen molar-refractivity contribution in [3.63, 3.8) is 0 Å². The lowest BCUT2D eigenvalue weighted by Gasteiger charge is -2.32. The van der Waals surface area contributed by atoms with Crippen LogP contribution in [0.3, 0.4) is 0 Å². The number of para-hydroxylation sites is 1. The summed E-state index contributed by atoms with van der Waals surface area (Å²) in [5.74, 6) is 0.620. The number of nitrogens with zero attached hydrogens (tertiary/aromatic N) is 1. The Balaban J connectivity index is 1.59. The van der Waals surface area contributed by atoms with Gasteiger partial charge in [0.05, 0.1) is 18.8 Å². The zero-order valence-electron chi connectivity index (χ0n) is 13.4. The number of quaternary nitrogens is 1. The van der Waals surface area contributed by atoms with Gasteiger partial charge in [0.1, 0.15) is 50.3 Å². The molecule has 0 saturated carbocycles. The molecule has 1 aromatic carbocycles. The van der Waals surface area contributed by atoms with E-state index in [1.807, 2.05) is 12.1 Å². The first-order valence-electron chi connectivity index (χ1n) is 7.87. The highest BCUT2D eigenvalue weighted by atomic mass is 16.5. The van der Waals surface area contributed by atoms with Crippen LogP contribution in [0.2, 0.25) is 0 Å². The van der Waals surface area contributed by atoms with Crippen molar-refractivity contribution in [2.24, 2.45) is 0 Å². The van der Waals surface area contributed by atoms with Gasteiger partial charge in [0.25, 0.3) is 0 Å². The third kappa shape index (κ3) is 5.30. The van der Waals surface area contributed by atoms with Gasteiger partial charge in [-0.2, -0.15) is 5.26 Å². The highest BCUT2D eigenvalue weighted by molar-refractivity contribution is 5.42. The lowest BCUT2D eigenvalue weighted by Crippen LogP contribution is -3.15. The number of morpholine rings is 1. The molecule has 0 unspecified atom stereocenters. The second-order valence-electron chi connectivity index (χ2n) is 5.73. The van der Waals surface area contributed by atoms with Crippen molar-refractivity contribution in [3.8, 4) is 11.8 Å². The molecule has 2 atom stereocenters. The van der Waals surface area contributed by atoms with Crippen molar-refractivity contribution in [3.05, 3.63) is 29.8 Å². The van der Waals surface area contributed by atoms with Crippen LogP contribution in [-0.4, -0.2) is 51.7 Å². The average molecular weight is 305 g/mol. The van der Waals surface area contributed by atoms with E-state index in [4.69, 9.17) is 19.5 Å². The minimum Gasteiger partial charge on any atom is -0.490 e. The molecule has 0 amide bonds. The number of nitrogens with one attached hydrogen (secondary N) is 1. The maximum Gasteiger partial charge on any atom is 0.137 e. The summed E-state index contributed by atoms with van der Waals surface area (Å²) < 4.78 is 16.9. The Bertz CT molecular complexity index is 491. The van der Waals surface area contributed by atoms with Crippen LogP contribution < -0.4 is 9.64 Å². The topological polar surface area (TPSA) is 55.9 Å². The summed E-state index contributed by atoms with van der Waals surface area (Å²) in [6.45, 7) is 9.04. The summed E-state index contributed by atoms with van der Waals surface area (Å²) in [4.78, 5) is 1.53. The molecule has 5 nitrogen and oxygen atoms in total. The van der Waals surface area contributed by atoms with Crippen molar-refractivity contribution in [1.29, 1.82) is 5.26 Å². The summed E-state index contributed by atoms with van der Waals surface area (Å²) in [6.07, 6.45) is 0.647. The molecule has 0 aromatic heterocycles. The summed E-state index contributed by atoms with van der Waals surface area (Å²) in [7, 11) is 0. The van der Waals surface area contributed by atoms with E-state index in [0.29, 0.717) is 36.7 Å². The number of benzene rings is 1. The fourth-order valence-corrected chi connectivity index (χ4v) is 2.81. The zero-order valence-corrected chi connectivity index (χ0v) is 13.4. The largest absolute Gasteiger partial charge is 0.490 e. The van der Waals surface area contributed by atoms with Gasteiger partial charge in [-0.15, -0.1) is 0 Å². The molecule has 1 N–H and O–H groups in total. The summed E-state index contributed by atoms with van der Waals surface area (Å²) in [5.41, 5.74) is 0.559. The number of hydrogen-bond acceptors (Lipinski definition) is 4. The van der Waals surface area contributed by atoms with Gasteiger partial charge in [-0.05, 0) is 26.0 Å². The van der Waals surface area contributed by atoms with Gasteiger partial charge in [0.15, 0.2) is 0 Å². The molecular weight excluding hydrogens is 280 g/mol. The van der Waals surface area contributed by atoms with Crippen LogP contribution in [-0.2, 0) is 9.47 Å². The Kier molecular flexibility index (Phi) is 6.66. The predicted octanol–water partition coefficient (Wildman–Crippen LogP) is 0.646. The molecule has 0 aliphatic carbocycles. The van der Waals surface area contributed by atoms with Gasteiger partial charge in [0, 0.05) is 0 Å². The van der Waals surface area contributed by atoms with Crippen molar-refractivity contribution in [1.82, 2.24) is 0 Å². The molecule has 1 heterocycles. The summed E-state index contributed by atoms with van der Waals surface area (Å²) >= 11 is 0. The average Bonchev–Trinajstić information content (AvgIpc) is 2.50. The third-order valence-corrected chi connectivity index (χ3v) is 3.71. The lowest BCUT2D eigenvalue weighted by molar-refractivity contribution is -0.915. The molecule has 120 valence electrons. The quantitative estimate of drug-likeness (QED) is 0.752. The molecule has 22 heavy (non-hydrogen) atoms. The van der Waals surface area contributed by atoms with Crippen LogP contribution in [0.25, 0.3) is 0 Å². The third-order valence-electron chi connectivity index (χ3n) is 3.71. The molecule has 1 aromatic rings. The minimum absolute atomic E-state index is 0.324. The number of rotatable bonds is 7. The molecule has 0 bridgehead atoms. The molecule has 2 rings (SSSR count). The molecule has 1 saturated heterocycles. The van der Waals surface area contributed by atoms with Crippen molar-refractivity contribution in [2.45, 2.75) is 26.1 Å². The maximum atomic E-state index is 8.97. The van der Waals surface area contributed by atoms with E-state index in [2.05, 4.69) is 19.9 Å². The van der Waals surface area contributed by atoms with Crippen LogP contribution in [0.4, 0.5) is 0 Å². The van der Waals surface area contributed by atoms with E-state index in [1.165, 1.54) is 4.90 Å². The fourth-order valence-electron chi connectivity index (χ4n) is 2.81. The summed E-state index contributed by atoms with van der Waals surface area (Å²) in [5, 5.41) is 8.97. The van der Waals surface area contributed by atoms with E-state index in [1.54, 1.807) is 12.1 Å². The van der Waals surface area contributed by atoms with E-state index in [0.717, 1.165) is 26.2 Å². The zero-order chi connectivity index (χ0) is 15.8. The molecule has 5 heteroatoms. The monoisotopic (exact) mass is 305 g/mol. The fraction of sp³-hybridized carbons (Fsp3) is 0.588. The van der Waals surface area contributed by atoms with Crippen LogP contribution in [0, 0.1) is 11.3 Å². The van der Waals surface area contributed by atoms with E-state index < -0.39 is 0 Å². The highest BCUT2D eigenvalue weighted by Crippen LogP contribution is 2.16. The normalized spacial score (nSPS) is 24.7. The predicted molar refractivity (Wildman–Crippen MR) is 83.0 cm³/mol. The molecule has 1 fully saturated rings. The molecule has 0 spiro atoms. The minimum atomic E-state index is 0.324. The van der Waals surface area contributed by atoms with Crippen LogP contribution in [0.1, 0.15) is 19.4 Å². The summed E-state index contributed by atoms with van der Waals surface area (Å²) in [6, 6.07) is 9.36. The van der Waals surface area contributed by atoms with Crippen LogP contribution >= 0.6 is 0 Å². The van der Waals surface area contributed by atoms with E-state index in [-0.39, 0.29) is 0 Å². The van der Waals surface area contributed by atoms with Gasteiger partial charge >= 0.3 is 0 Å². The standard InChI is InChI=1S/C17H24N2O3/c1-14-12-19(13-15(2)22-14)7-8-20-9-10-21-17-6-4-3-5-16(17)11-18/h3-6,14-15H,7-10,12-13H2,1-2H3/p+1/t14-,15-/m1/s1. The van der Waals surface area contributed by atoms with Gasteiger partial charge in [0.2, 0.25) is 0 Å². The Morgan fingerprint density at radius 3 is 2.64 bits per heavy atom. The first-order valence-corrected chi connectivity index (χ1v) is 7.87. The van der Waals surface area contributed by atoms with Crippen LogP contribution in [0.5, 0.6) is 5.75 Å². The molecule has 1 aliphatic heterocycles. The van der Waals surface area contributed by atoms with E-state index >= 15 is 0 Å². The van der Waals surface area contributed by atoms with Crippen LogP contribution in [0.15, 0.2) is 24.3 Å². The smallest absolute Gasteiger partial charge is 0.137 e. The Morgan fingerprint density at radius 2 is 1.91 bits per heavy atom. The SMILES string of the molecule is C[C@@H]1C[NH+](CCOCCOc2ccccc2C#N)C[C@@H](C)O1. The second kappa shape index (κ2) is 8.74. The van der Waals surface area contributed by atoms with Gasteiger partial charge in [-0.1, -0.05) is 12.1 Å². The Labute approximate surface area is 132 Å². The second-order valence-corrected chi connectivity index (χ2v) is 5.73. The first kappa shape index (κ1) is 16.8. The first-order chi connectivity index (χ1) is 10.7. The Morgan fingerprint density at radius 1 is 1.18 bits per heavy atom. The maximum absolute atomic E-state index is 8.97. The number of nitriles is 1.